The Morgan fingerprint density at radius 2 is 2.04 bits per heavy atom. The third-order valence-corrected chi connectivity index (χ3v) is 5.34. The van der Waals surface area contributed by atoms with Crippen molar-refractivity contribution in [1.82, 2.24) is 10.2 Å². The van der Waals surface area contributed by atoms with Gasteiger partial charge in [0.25, 0.3) is 0 Å². The molecule has 2 unspecified atom stereocenters. The molecule has 3 aromatic rings. The first-order valence-electron chi connectivity index (χ1n) is 8.46. The number of nitrogens with zero attached hydrogens (tertiary/aromatic N) is 2. The van der Waals surface area contributed by atoms with E-state index in [1.807, 2.05) is 42.5 Å². The minimum atomic E-state index is -0.0755. The number of carbonyl (C=O) groups excluding carboxylic acids is 1. The summed E-state index contributed by atoms with van der Waals surface area (Å²) in [7, 11) is 0. The highest BCUT2D eigenvalue weighted by Gasteiger charge is 2.36. The molecule has 128 valence electrons. The first-order valence-corrected chi connectivity index (χ1v) is 9.28. The van der Waals surface area contributed by atoms with Crippen molar-refractivity contribution in [3.05, 3.63) is 54.0 Å². The fraction of sp³-hybridized carbons (Fsp3) is 0.316. The number of aryl methyl sites for hydroxylation is 1. The molecule has 1 N–H and O–H groups in total. The first kappa shape index (κ1) is 16.0. The first-order chi connectivity index (χ1) is 12.2. The minimum absolute atomic E-state index is 0.0755. The van der Waals surface area contributed by atoms with Crippen LogP contribution in [0.25, 0.3) is 10.6 Å². The Morgan fingerprint density at radius 3 is 2.80 bits per heavy atom. The standard InChI is InChI=1S/C19H19N3O2S/c1-12-11-15(12)16-9-7-14(24-16)8-10-17(23)20-19-22-21-18(25-19)13-5-3-2-4-6-13/h2-7,9,12,15H,8,10-11H2,1H3,(H,20,22,23). The Balaban J connectivity index is 1.30. The Bertz CT molecular complexity index is 872. The molecule has 5 nitrogen and oxygen atoms in total. The number of nitrogens with one attached hydrogen (secondary N) is 1. The summed E-state index contributed by atoms with van der Waals surface area (Å²) < 4.78 is 5.84. The summed E-state index contributed by atoms with van der Waals surface area (Å²) in [5, 5.41) is 12.3. The van der Waals surface area contributed by atoms with E-state index in [1.54, 1.807) is 0 Å². The molecule has 0 saturated heterocycles. The predicted octanol–water partition coefficient (Wildman–Crippen LogP) is 4.49. The fourth-order valence-electron chi connectivity index (χ4n) is 2.84. The molecule has 2 aromatic heterocycles. The quantitative estimate of drug-likeness (QED) is 0.709. The number of carbonyl (C=O) groups is 1. The van der Waals surface area contributed by atoms with E-state index in [0.717, 1.165) is 28.0 Å². The summed E-state index contributed by atoms with van der Waals surface area (Å²) in [6.45, 7) is 2.23. The smallest absolute Gasteiger partial charge is 0.226 e. The lowest BCUT2D eigenvalue weighted by atomic mass is 10.2. The molecule has 25 heavy (non-hydrogen) atoms. The van der Waals surface area contributed by atoms with E-state index in [0.29, 0.717) is 23.9 Å². The van der Waals surface area contributed by atoms with Gasteiger partial charge in [0.15, 0.2) is 0 Å². The zero-order valence-corrected chi connectivity index (χ0v) is 14.8. The largest absolute Gasteiger partial charge is 0.466 e. The van der Waals surface area contributed by atoms with Gasteiger partial charge in [-0.3, -0.25) is 4.79 Å². The van der Waals surface area contributed by atoms with Gasteiger partial charge in [-0.1, -0.05) is 48.6 Å². The Kier molecular flexibility index (Phi) is 4.36. The average Bonchev–Trinajstić information content (AvgIpc) is 3.04. The SMILES string of the molecule is CC1CC1c1ccc(CCC(=O)Nc2nnc(-c3ccccc3)s2)o1. The summed E-state index contributed by atoms with van der Waals surface area (Å²) in [5.74, 6) is 3.14. The lowest BCUT2D eigenvalue weighted by Gasteiger charge is -1.99. The maximum Gasteiger partial charge on any atom is 0.226 e. The van der Waals surface area contributed by atoms with Crippen LogP contribution >= 0.6 is 11.3 Å². The van der Waals surface area contributed by atoms with Crippen molar-refractivity contribution in [2.24, 2.45) is 5.92 Å². The molecule has 0 aliphatic heterocycles. The number of aromatic nitrogens is 2. The normalized spacial score (nSPS) is 18.9. The molecule has 6 heteroatoms. The van der Waals surface area contributed by atoms with Crippen molar-refractivity contribution in [2.45, 2.75) is 32.1 Å². The van der Waals surface area contributed by atoms with Crippen LogP contribution in [0.15, 0.2) is 46.9 Å². The third-order valence-electron chi connectivity index (χ3n) is 4.45. The summed E-state index contributed by atoms with van der Waals surface area (Å²) in [5.41, 5.74) is 0.998. The van der Waals surface area contributed by atoms with Crippen LogP contribution in [0.2, 0.25) is 0 Å². The van der Waals surface area contributed by atoms with Crippen LogP contribution in [0.5, 0.6) is 0 Å². The summed E-state index contributed by atoms with van der Waals surface area (Å²) in [6, 6.07) is 13.8. The van der Waals surface area contributed by atoms with Gasteiger partial charge in [-0.15, -0.1) is 10.2 Å². The van der Waals surface area contributed by atoms with Crippen LogP contribution in [-0.4, -0.2) is 16.1 Å². The van der Waals surface area contributed by atoms with Gasteiger partial charge in [-0.05, 0) is 24.5 Å². The number of hydrogen-bond donors (Lipinski definition) is 1. The van der Waals surface area contributed by atoms with E-state index >= 15 is 0 Å². The van der Waals surface area contributed by atoms with E-state index < -0.39 is 0 Å². The molecular formula is C19H19N3O2S. The zero-order chi connectivity index (χ0) is 17.2. The van der Waals surface area contributed by atoms with Crippen molar-refractivity contribution < 1.29 is 9.21 Å². The highest BCUT2D eigenvalue weighted by molar-refractivity contribution is 7.18. The lowest BCUT2D eigenvalue weighted by molar-refractivity contribution is -0.116. The average molecular weight is 353 g/mol. The van der Waals surface area contributed by atoms with Gasteiger partial charge in [0.05, 0.1) is 0 Å². The number of hydrogen-bond acceptors (Lipinski definition) is 5. The Hall–Kier alpha value is -2.47. The van der Waals surface area contributed by atoms with Gasteiger partial charge >= 0.3 is 0 Å². The van der Waals surface area contributed by atoms with Crippen LogP contribution in [0.3, 0.4) is 0 Å². The Morgan fingerprint density at radius 1 is 1.24 bits per heavy atom. The molecule has 0 bridgehead atoms. The van der Waals surface area contributed by atoms with Gasteiger partial charge in [-0.25, -0.2) is 0 Å². The van der Waals surface area contributed by atoms with Gasteiger partial charge in [-0.2, -0.15) is 0 Å². The van der Waals surface area contributed by atoms with Crippen molar-refractivity contribution in [3.63, 3.8) is 0 Å². The van der Waals surface area contributed by atoms with Gasteiger partial charge in [0.2, 0.25) is 11.0 Å². The van der Waals surface area contributed by atoms with Crippen molar-refractivity contribution in [2.75, 3.05) is 5.32 Å². The molecule has 1 aliphatic rings. The second kappa shape index (κ2) is 6.80. The van der Waals surface area contributed by atoms with E-state index in [1.165, 1.54) is 17.8 Å². The summed E-state index contributed by atoms with van der Waals surface area (Å²) in [4.78, 5) is 12.1. The second-order valence-electron chi connectivity index (χ2n) is 6.45. The van der Waals surface area contributed by atoms with Crippen LogP contribution in [0.4, 0.5) is 5.13 Å². The second-order valence-corrected chi connectivity index (χ2v) is 7.43. The van der Waals surface area contributed by atoms with Gasteiger partial charge in [0.1, 0.15) is 16.5 Å². The zero-order valence-electron chi connectivity index (χ0n) is 13.9. The fourth-order valence-corrected chi connectivity index (χ4v) is 3.60. The highest BCUT2D eigenvalue weighted by atomic mass is 32.1. The number of rotatable bonds is 6. The molecular weight excluding hydrogens is 334 g/mol. The van der Waals surface area contributed by atoms with Gasteiger partial charge < -0.3 is 9.73 Å². The molecule has 1 aliphatic carbocycles. The molecule has 2 heterocycles. The molecule has 2 atom stereocenters. The molecule has 0 radical (unpaired) electrons. The van der Waals surface area contributed by atoms with Crippen LogP contribution in [0.1, 0.15) is 37.2 Å². The Labute approximate surface area is 150 Å². The predicted molar refractivity (Wildman–Crippen MR) is 97.5 cm³/mol. The monoisotopic (exact) mass is 353 g/mol. The van der Waals surface area contributed by atoms with E-state index in [-0.39, 0.29) is 5.91 Å². The lowest BCUT2D eigenvalue weighted by Crippen LogP contribution is -2.11. The van der Waals surface area contributed by atoms with Crippen LogP contribution in [0, 0.1) is 5.92 Å². The molecule has 1 amide bonds. The third kappa shape index (κ3) is 3.79. The maximum absolute atomic E-state index is 12.1. The minimum Gasteiger partial charge on any atom is -0.466 e. The molecule has 1 aromatic carbocycles. The van der Waals surface area contributed by atoms with Crippen molar-refractivity contribution >= 4 is 22.4 Å². The highest BCUT2D eigenvalue weighted by Crippen LogP contribution is 2.47. The van der Waals surface area contributed by atoms with Crippen LogP contribution in [-0.2, 0) is 11.2 Å². The van der Waals surface area contributed by atoms with Crippen LogP contribution < -0.4 is 5.32 Å². The van der Waals surface area contributed by atoms with Crippen molar-refractivity contribution in [3.8, 4) is 10.6 Å². The number of furan rings is 1. The molecule has 1 saturated carbocycles. The van der Waals surface area contributed by atoms with Crippen molar-refractivity contribution in [1.29, 1.82) is 0 Å². The van der Waals surface area contributed by atoms with E-state index in [4.69, 9.17) is 4.42 Å². The summed E-state index contributed by atoms with van der Waals surface area (Å²) in [6.07, 6.45) is 2.17. The number of benzene rings is 1. The van der Waals surface area contributed by atoms with Gasteiger partial charge in [0, 0.05) is 24.3 Å². The summed E-state index contributed by atoms with van der Waals surface area (Å²) >= 11 is 1.37. The molecule has 0 spiro atoms. The number of amides is 1. The van der Waals surface area contributed by atoms with E-state index in [2.05, 4.69) is 22.4 Å². The molecule has 4 rings (SSSR count). The maximum atomic E-state index is 12.1. The topological polar surface area (TPSA) is 68.0 Å². The van der Waals surface area contributed by atoms with E-state index in [9.17, 15) is 4.79 Å². The number of anilines is 1. The molecule has 1 fully saturated rings.